The molecule has 3 heterocycles. The quantitative estimate of drug-likeness (QED) is 0.924. The number of rotatable bonds is 2. The molecule has 0 aromatic carbocycles. The molecule has 6 heteroatoms. The molecular formula is C15H15NO3S2. The number of carbonyl (C=O) groups is 2. The first-order valence-corrected chi connectivity index (χ1v) is 8.35. The maximum absolute atomic E-state index is 12.8. The van der Waals surface area contributed by atoms with Crippen LogP contribution in [-0.4, -0.2) is 28.4 Å². The molecule has 0 fully saturated rings. The second kappa shape index (κ2) is 5.27. The molecule has 1 unspecified atom stereocenters. The van der Waals surface area contributed by atoms with E-state index in [0.717, 1.165) is 26.6 Å². The Balaban J connectivity index is 2.00. The lowest BCUT2D eigenvalue weighted by atomic mass is 9.99. The van der Waals surface area contributed by atoms with Crippen LogP contribution in [0.1, 0.15) is 36.6 Å². The summed E-state index contributed by atoms with van der Waals surface area (Å²) in [6.07, 6.45) is 0.727. The van der Waals surface area contributed by atoms with Gasteiger partial charge in [0.25, 0.3) is 5.91 Å². The highest BCUT2D eigenvalue weighted by Gasteiger charge is 2.37. The Hall–Kier alpha value is -1.66. The van der Waals surface area contributed by atoms with Gasteiger partial charge < -0.3 is 10.0 Å². The van der Waals surface area contributed by atoms with Crippen molar-refractivity contribution in [2.45, 2.75) is 26.3 Å². The Morgan fingerprint density at radius 3 is 2.76 bits per heavy atom. The fourth-order valence-corrected chi connectivity index (χ4v) is 4.62. The Bertz CT molecular complexity index is 716. The summed E-state index contributed by atoms with van der Waals surface area (Å²) < 4.78 is 0. The molecular weight excluding hydrogens is 306 g/mol. The van der Waals surface area contributed by atoms with E-state index >= 15 is 0 Å². The van der Waals surface area contributed by atoms with E-state index in [0.29, 0.717) is 12.1 Å². The number of amides is 1. The predicted octanol–water partition coefficient (Wildman–Crippen LogP) is 3.25. The van der Waals surface area contributed by atoms with Crippen molar-refractivity contribution in [1.29, 1.82) is 0 Å². The zero-order chi connectivity index (χ0) is 15.1. The molecule has 1 aliphatic heterocycles. The topological polar surface area (TPSA) is 57.6 Å². The number of carboxylic acid groups (broad SMARTS) is 1. The molecule has 0 spiro atoms. The van der Waals surface area contributed by atoms with Gasteiger partial charge in [-0.25, -0.2) is 4.79 Å². The minimum atomic E-state index is -0.965. The van der Waals surface area contributed by atoms with E-state index in [-0.39, 0.29) is 5.91 Å². The smallest absolute Gasteiger partial charge is 0.331 e. The van der Waals surface area contributed by atoms with Gasteiger partial charge in [0, 0.05) is 21.2 Å². The monoisotopic (exact) mass is 321 g/mol. The minimum Gasteiger partial charge on any atom is -0.479 e. The number of nitrogens with zero attached hydrogens (tertiary/aromatic N) is 1. The molecule has 0 radical (unpaired) electrons. The van der Waals surface area contributed by atoms with Crippen LogP contribution in [0.3, 0.4) is 0 Å². The normalized spacial score (nSPS) is 17.6. The third-order valence-electron chi connectivity index (χ3n) is 3.73. The zero-order valence-corrected chi connectivity index (χ0v) is 13.4. The number of carboxylic acids is 1. The van der Waals surface area contributed by atoms with Crippen LogP contribution in [0.2, 0.25) is 0 Å². The number of thiophene rings is 2. The lowest BCUT2D eigenvalue weighted by Crippen LogP contribution is -2.43. The highest BCUT2D eigenvalue weighted by atomic mass is 32.1. The van der Waals surface area contributed by atoms with Gasteiger partial charge in [0.05, 0.1) is 5.56 Å². The van der Waals surface area contributed by atoms with E-state index in [1.165, 1.54) is 4.90 Å². The van der Waals surface area contributed by atoms with Crippen LogP contribution in [0.4, 0.5) is 0 Å². The van der Waals surface area contributed by atoms with Crippen molar-refractivity contribution >= 4 is 34.6 Å². The average Bonchev–Trinajstić information content (AvgIpc) is 3.02. The third-order valence-corrected chi connectivity index (χ3v) is 5.69. The Morgan fingerprint density at radius 1 is 1.38 bits per heavy atom. The van der Waals surface area contributed by atoms with Crippen molar-refractivity contribution in [3.05, 3.63) is 43.3 Å². The van der Waals surface area contributed by atoms with Crippen LogP contribution in [-0.2, 0) is 11.2 Å². The van der Waals surface area contributed by atoms with Crippen LogP contribution >= 0.6 is 22.7 Å². The Labute approximate surface area is 130 Å². The number of fused-ring (bicyclic) bond motifs is 1. The summed E-state index contributed by atoms with van der Waals surface area (Å²) in [5, 5.41) is 11.5. The number of aryl methyl sites for hydroxylation is 2. The predicted molar refractivity (Wildman–Crippen MR) is 83.2 cm³/mol. The summed E-state index contributed by atoms with van der Waals surface area (Å²) in [4.78, 5) is 29.0. The Morgan fingerprint density at radius 2 is 2.14 bits per heavy atom. The molecule has 0 saturated carbocycles. The van der Waals surface area contributed by atoms with Crippen LogP contribution in [0.5, 0.6) is 0 Å². The van der Waals surface area contributed by atoms with Gasteiger partial charge in [0.1, 0.15) is 0 Å². The van der Waals surface area contributed by atoms with E-state index in [2.05, 4.69) is 0 Å². The number of carbonyl (C=O) groups excluding carboxylic acids is 1. The highest BCUT2D eigenvalue weighted by Crippen LogP contribution is 2.35. The molecule has 1 atom stereocenters. The zero-order valence-electron chi connectivity index (χ0n) is 11.8. The van der Waals surface area contributed by atoms with Gasteiger partial charge in [0.2, 0.25) is 0 Å². The van der Waals surface area contributed by atoms with Gasteiger partial charge in [0.15, 0.2) is 6.04 Å². The number of aliphatic carboxylic acids is 1. The summed E-state index contributed by atoms with van der Waals surface area (Å²) in [5.41, 5.74) is 1.39. The second-order valence-corrected chi connectivity index (χ2v) is 7.58. The summed E-state index contributed by atoms with van der Waals surface area (Å²) in [6, 6.07) is 2.81. The molecule has 2 aromatic heterocycles. The maximum Gasteiger partial charge on any atom is 0.331 e. The maximum atomic E-state index is 12.8. The van der Waals surface area contributed by atoms with E-state index in [4.69, 9.17) is 0 Å². The van der Waals surface area contributed by atoms with Crippen molar-refractivity contribution in [2.24, 2.45) is 0 Å². The lowest BCUT2D eigenvalue weighted by molar-refractivity contribution is -0.142. The molecule has 0 aliphatic carbocycles. The largest absolute Gasteiger partial charge is 0.479 e. The second-order valence-electron chi connectivity index (χ2n) is 5.12. The highest BCUT2D eigenvalue weighted by molar-refractivity contribution is 7.12. The van der Waals surface area contributed by atoms with Gasteiger partial charge in [-0.2, -0.15) is 0 Å². The van der Waals surface area contributed by atoms with E-state index in [1.807, 2.05) is 31.4 Å². The SMILES string of the molecule is Cc1cc(C(=O)N2CCc3sccc3C2C(=O)O)c(C)s1. The molecule has 110 valence electrons. The standard InChI is InChI=1S/C15H15NO3S2/c1-8-7-11(9(2)21-8)14(17)16-5-3-12-10(4-6-20-12)13(16)15(18)19/h4,6-7,13H,3,5H2,1-2H3,(H,18,19). The van der Waals surface area contributed by atoms with Crippen molar-refractivity contribution < 1.29 is 14.7 Å². The number of hydrogen-bond donors (Lipinski definition) is 1. The van der Waals surface area contributed by atoms with Crippen LogP contribution < -0.4 is 0 Å². The van der Waals surface area contributed by atoms with Gasteiger partial charge in [-0.1, -0.05) is 0 Å². The summed E-state index contributed by atoms with van der Waals surface area (Å²) in [6.45, 7) is 4.31. The lowest BCUT2D eigenvalue weighted by Gasteiger charge is -2.33. The van der Waals surface area contributed by atoms with Crippen LogP contribution in [0.25, 0.3) is 0 Å². The fraction of sp³-hybridized carbons (Fsp3) is 0.333. The van der Waals surface area contributed by atoms with Crippen molar-refractivity contribution in [3.63, 3.8) is 0 Å². The van der Waals surface area contributed by atoms with E-state index < -0.39 is 12.0 Å². The molecule has 1 amide bonds. The molecule has 1 N–H and O–H groups in total. The van der Waals surface area contributed by atoms with Gasteiger partial charge in [-0.05, 0) is 43.3 Å². The molecule has 0 saturated heterocycles. The first-order chi connectivity index (χ1) is 9.99. The summed E-state index contributed by atoms with van der Waals surface area (Å²) in [5.74, 6) is -1.14. The van der Waals surface area contributed by atoms with Gasteiger partial charge >= 0.3 is 5.97 Å². The van der Waals surface area contributed by atoms with Crippen LogP contribution in [0.15, 0.2) is 17.5 Å². The van der Waals surface area contributed by atoms with Gasteiger partial charge in [-0.15, -0.1) is 22.7 Å². The molecule has 4 nitrogen and oxygen atoms in total. The number of hydrogen-bond acceptors (Lipinski definition) is 4. The fourth-order valence-electron chi connectivity index (χ4n) is 2.80. The van der Waals surface area contributed by atoms with E-state index in [9.17, 15) is 14.7 Å². The Kier molecular flexibility index (Phi) is 3.59. The van der Waals surface area contributed by atoms with Crippen LogP contribution in [0, 0.1) is 13.8 Å². The van der Waals surface area contributed by atoms with E-state index in [1.54, 1.807) is 22.7 Å². The van der Waals surface area contributed by atoms with Crippen molar-refractivity contribution in [3.8, 4) is 0 Å². The van der Waals surface area contributed by atoms with Crippen molar-refractivity contribution in [1.82, 2.24) is 4.90 Å². The molecule has 0 bridgehead atoms. The summed E-state index contributed by atoms with van der Waals surface area (Å²) >= 11 is 3.13. The third kappa shape index (κ3) is 2.38. The van der Waals surface area contributed by atoms with Crippen molar-refractivity contribution in [2.75, 3.05) is 6.54 Å². The molecule has 1 aliphatic rings. The molecule has 2 aromatic rings. The average molecular weight is 321 g/mol. The van der Waals surface area contributed by atoms with Gasteiger partial charge in [-0.3, -0.25) is 4.79 Å². The first kappa shape index (κ1) is 14.3. The minimum absolute atomic E-state index is 0.180. The first-order valence-electron chi connectivity index (χ1n) is 6.66. The molecule has 3 rings (SSSR count). The molecule has 21 heavy (non-hydrogen) atoms. The summed E-state index contributed by atoms with van der Waals surface area (Å²) in [7, 11) is 0.